The van der Waals surface area contributed by atoms with Gasteiger partial charge in [-0.15, -0.1) is 5.11 Å². The van der Waals surface area contributed by atoms with Gasteiger partial charge in [0.05, 0.1) is 23.0 Å². The number of aromatic nitrogens is 1. The van der Waals surface area contributed by atoms with E-state index in [1.165, 1.54) is 18.2 Å². The lowest BCUT2D eigenvalue weighted by Gasteiger charge is -2.33. The lowest BCUT2D eigenvalue weighted by atomic mass is 10.0. The van der Waals surface area contributed by atoms with E-state index in [0.717, 1.165) is 30.1 Å². The van der Waals surface area contributed by atoms with E-state index >= 15 is 0 Å². The number of benzene rings is 3. The van der Waals surface area contributed by atoms with E-state index in [4.69, 9.17) is 0 Å². The highest BCUT2D eigenvalue weighted by atomic mass is 19.4. The van der Waals surface area contributed by atoms with Crippen molar-refractivity contribution in [3.8, 4) is 0 Å². The van der Waals surface area contributed by atoms with Crippen LogP contribution in [0.2, 0.25) is 0 Å². The molecule has 4 aromatic rings. The SMILES string of the molecule is CN1CCN(Cc2ccc(NC(=O)c3cccc(N=Nc4cnc5ccccc5c4)c3)cc2C(F)(F)F)CC1. The lowest BCUT2D eigenvalue weighted by Crippen LogP contribution is -2.44. The molecule has 7 nitrogen and oxygen atoms in total. The topological polar surface area (TPSA) is 73.2 Å². The molecule has 3 aromatic carbocycles. The third-order valence-electron chi connectivity index (χ3n) is 6.63. The van der Waals surface area contributed by atoms with Crippen molar-refractivity contribution in [3.63, 3.8) is 0 Å². The number of nitrogens with one attached hydrogen (secondary N) is 1. The van der Waals surface area contributed by atoms with E-state index in [9.17, 15) is 18.0 Å². The Morgan fingerprint density at radius 2 is 1.69 bits per heavy atom. The van der Waals surface area contributed by atoms with Crippen molar-refractivity contribution in [2.75, 3.05) is 38.5 Å². The minimum atomic E-state index is -4.54. The monoisotopic (exact) mass is 532 g/mol. The van der Waals surface area contributed by atoms with E-state index in [2.05, 4.69) is 25.4 Å². The summed E-state index contributed by atoms with van der Waals surface area (Å²) in [6.45, 7) is 3.24. The highest BCUT2D eigenvalue weighted by Gasteiger charge is 2.34. The molecule has 1 aromatic heterocycles. The molecule has 1 amide bonds. The summed E-state index contributed by atoms with van der Waals surface area (Å²) in [6.07, 6.45) is -2.94. The molecular formula is C29H27F3N6O. The van der Waals surface area contributed by atoms with Crippen molar-refractivity contribution in [1.82, 2.24) is 14.8 Å². The predicted molar refractivity (Wildman–Crippen MR) is 145 cm³/mol. The molecule has 1 N–H and O–H groups in total. The van der Waals surface area contributed by atoms with Crippen LogP contribution in [-0.2, 0) is 12.7 Å². The fourth-order valence-electron chi connectivity index (χ4n) is 4.45. The van der Waals surface area contributed by atoms with Crippen molar-refractivity contribution >= 4 is 33.9 Å². The van der Waals surface area contributed by atoms with Crippen molar-refractivity contribution in [3.05, 3.63) is 95.7 Å². The number of hydrogen-bond acceptors (Lipinski definition) is 6. The number of pyridine rings is 1. The minimum absolute atomic E-state index is 0.0729. The number of piperazine rings is 1. The zero-order valence-electron chi connectivity index (χ0n) is 21.3. The number of fused-ring (bicyclic) bond motifs is 1. The molecule has 2 heterocycles. The second-order valence-electron chi connectivity index (χ2n) is 9.54. The van der Waals surface area contributed by atoms with Crippen molar-refractivity contribution in [2.24, 2.45) is 10.2 Å². The van der Waals surface area contributed by atoms with Crippen LogP contribution in [-0.4, -0.2) is 53.9 Å². The van der Waals surface area contributed by atoms with E-state index in [1.807, 2.05) is 42.3 Å². The Kier molecular flexibility index (Phi) is 7.67. The van der Waals surface area contributed by atoms with Crippen LogP contribution in [0, 0.1) is 0 Å². The molecule has 10 heteroatoms. The fraction of sp³-hybridized carbons (Fsp3) is 0.241. The number of hydrogen-bond donors (Lipinski definition) is 1. The van der Waals surface area contributed by atoms with Crippen LogP contribution >= 0.6 is 0 Å². The summed E-state index contributed by atoms with van der Waals surface area (Å²) in [5, 5.41) is 11.9. The Morgan fingerprint density at radius 1 is 0.923 bits per heavy atom. The zero-order valence-corrected chi connectivity index (χ0v) is 21.3. The van der Waals surface area contributed by atoms with Crippen LogP contribution in [0.15, 0.2) is 89.2 Å². The molecule has 0 saturated carbocycles. The summed E-state index contributed by atoms with van der Waals surface area (Å²) >= 11 is 0. The average Bonchev–Trinajstić information content (AvgIpc) is 2.93. The molecular weight excluding hydrogens is 505 g/mol. The number of anilines is 1. The molecule has 0 unspecified atom stereocenters. The van der Waals surface area contributed by atoms with Gasteiger partial charge in [0.2, 0.25) is 0 Å². The number of amides is 1. The number of para-hydroxylation sites is 1. The summed E-state index contributed by atoms with van der Waals surface area (Å²) in [5.41, 5.74) is 1.59. The van der Waals surface area contributed by atoms with Gasteiger partial charge in [0, 0.05) is 49.4 Å². The molecule has 0 aliphatic carbocycles. The van der Waals surface area contributed by atoms with Gasteiger partial charge in [-0.05, 0) is 55.1 Å². The molecule has 0 bridgehead atoms. The Morgan fingerprint density at radius 3 is 2.49 bits per heavy atom. The Labute approximate surface area is 224 Å². The van der Waals surface area contributed by atoms with Crippen LogP contribution in [0.25, 0.3) is 10.9 Å². The number of azo groups is 1. The van der Waals surface area contributed by atoms with Gasteiger partial charge >= 0.3 is 6.18 Å². The smallest absolute Gasteiger partial charge is 0.322 e. The van der Waals surface area contributed by atoms with Gasteiger partial charge in [0.1, 0.15) is 5.69 Å². The predicted octanol–water partition coefficient (Wildman–Crippen LogP) is 6.67. The first-order chi connectivity index (χ1) is 18.7. The van der Waals surface area contributed by atoms with Crippen molar-refractivity contribution in [1.29, 1.82) is 0 Å². The standard InChI is InChI=1S/C29H27F3N6O/c1-37-11-13-38(14-12-37)19-22-9-10-23(17-26(22)29(30,31)32)34-28(39)21-6-4-7-24(16-21)35-36-25-15-20-5-2-3-8-27(20)33-18-25/h2-10,15-18H,11-14,19H2,1H3,(H,34,39). The van der Waals surface area contributed by atoms with E-state index in [0.29, 0.717) is 24.5 Å². The summed E-state index contributed by atoms with van der Waals surface area (Å²) in [7, 11) is 2.00. The van der Waals surface area contributed by atoms with E-state index in [-0.39, 0.29) is 23.4 Å². The van der Waals surface area contributed by atoms with Gasteiger partial charge in [0.15, 0.2) is 0 Å². The molecule has 200 valence electrons. The third kappa shape index (κ3) is 6.65. The minimum Gasteiger partial charge on any atom is -0.322 e. The third-order valence-corrected chi connectivity index (χ3v) is 6.63. The van der Waals surface area contributed by atoms with Crippen LogP contribution in [0.1, 0.15) is 21.5 Å². The van der Waals surface area contributed by atoms with E-state index in [1.54, 1.807) is 24.4 Å². The lowest BCUT2D eigenvalue weighted by molar-refractivity contribution is -0.138. The molecule has 39 heavy (non-hydrogen) atoms. The number of nitrogens with zero attached hydrogens (tertiary/aromatic N) is 5. The highest BCUT2D eigenvalue weighted by Crippen LogP contribution is 2.35. The Balaban J connectivity index is 1.30. The molecule has 1 aliphatic rings. The number of alkyl halides is 3. The molecule has 1 fully saturated rings. The zero-order chi connectivity index (χ0) is 27.4. The molecule has 5 rings (SSSR count). The number of carbonyl (C=O) groups excluding carboxylic acids is 1. The molecule has 0 spiro atoms. The first kappa shape index (κ1) is 26.5. The highest BCUT2D eigenvalue weighted by molar-refractivity contribution is 6.04. The Bertz CT molecular complexity index is 1510. The van der Waals surface area contributed by atoms with Gasteiger partial charge in [-0.1, -0.05) is 30.3 Å². The second kappa shape index (κ2) is 11.3. The maximum atomic E-state index is 13.9. The van der Waals surface area contributed by atoms with Crippen molar-refractivity contribution < 1.29 is 18.0 Å². The molecule has 0 radical (unpaired) electrons. The van der Waals surface area contributed by atoms with E-state index < -0.39 is 17.6 Å². The summed E-state index contributed by atoms with van der Waals surface area (Å²) in [6, 6.07) is 19.9. The van der Waals surface area contributed by atoms with Gasteiger partial charge in [-0.3, -0.25) is 14.7 Å². The fourth-order valence-corrected chi connectivity index (χ4v) is 4.45. The number of likely N-dealkylation sites (N-methyl/N-ethyl adjacent to an activating group) is 1. The van der Waals surface area contributed by atoms with Crippen molar-refractivity contribution in [2.45, 2.75) is 12.7 Å². The number of halogens is 3. The maximum absolute atomic E-state index is 13.9. The first-order valence-electron chi connectivity index (χ1n) is 12.5. The van der Waals surface area contributed by atoms with Gasteiger partial charge in [-0.2, -0.15) is 18.3 Å². The molecule has 1 saturated heterocycles. The second-order valence-corrected chi connectivity index (χ2v) is 9.54. The number of carbonyl (C=O) groups is 1. The number of rotatable bonds is 6. The van der Waals surface area contributed by atoms with Gasteiger partial charge in [-0.25, -0.2) is 0 Å². The van der Waals surface area contributed by atoms with Gasteiger partial charge in [0.25, 0.3) is 5.91 Å². The normalized spacial score (nSPS) is 15.2. The summed E-state index contributed by atoms with van der Waals surface area (Å²) in [4.78, 5) is 21.4. The molecule has 1 aliphatic heterocycles. The summed E-state index contributed by atoms with van der Waals surface area (Å²) < 4.78 is 41.7. The summed E-state index contributed by atoms with van der Waals surface area (Å²) in [5.74, 6) is -0.542. The molecule has 0 atom stereocenters. The first-order valence-corrected chi connectivity index (χ1v) is 12.5. The van der Waals surface area contributed by atoms with Crippen LogP contribution in [0.4, 0.5) is 30.2 Å². The Hall–Kier alpha value is -4.15. The van der Waals surface area contributed by atoms with Crippen LogP contribution in [0.3, 0.4) is 0 Å². The van der Waals surface area contributed by atoms with Crippen LogP contribution < -0.4 is 5.32 Å². The van der Waals surface area contributed by atoms with Gasteiger partial charge < -0.3 is 10.2 Å². The largest absolute Gasteiger partial charge is 0.416 e. The van der Waals surface area contributed by atoms with Crippen LogP contribution in [0.5, 0.6) is 0 Å². The maximum Gasteiger partial charge on any atom is 0.416 e. The quantitative estimate of drug-likeness (QED) is 0.282. The average molecular weight is 533 g/mol.